The quantitative estimate of drug-likeness (QED) is 0.0199. The molecule has 0 bridgehead atoms. The second-order valence-electron chi connectivity index (χ2n) is 24.3. The first-order valence-electron chi connectivity index (χ1n) is 34.9. The molecule has 12 N–H and O–H groups in total. The summed E-state index contributed by atoms with van der Waals surface area (Å²) >= 11 is 0. The van der Waals surface area contributed by atoms with Gasteiger partial charge in [-0.3, -0.25) is 4.79 Å². The molecule has 19 heteroatoms. The van der Waals surface area contributed by atoms with Crippen molar-refractivity contribution in [3.05, 3.63) is 134 Å². The first-order valence-corrected chi connectivity index (χ1v) is 34.9. The average molecular weight is 1310 g/mol. The summed E-state index contributed by atoms with van der Waals surface area (Å²) in [5.41, 5.74) is 0. The van der Waals surface area contributed by atoms with Crippen molar-refractivity contribution in [3.8, 4) is 0 Å². The van der Waals surface area contributed by atoms with Crippen molar-refractivity contribution >= 4 is 5.91 Å². The minimum atomic E-state index is -1.98. The highest BCUT2D eigenvalue weighted by molar-refractivity contribution is 5.76. The van der Waals surface area contributed by atoms with Crippen LogP contribution < -0.4 is 5.32 Å². The Labute approximate surface area is 556 Å². The molecule has 3 fully saturated rings. The van der Waals surface area contributed by atoms with Gasteiger partial charge in [0.1, 0.15) is 73.2 Å². The number of carbonyl (C=O) groups is 1. The Bertz CT molecular complexity index is 2210. The van der Waals surface area contributed by atoms with Gasteiger partial charge in [-0.2, -0.15) is 0 Å². The van der Waals surface area contributed by atoms with E-state index in [1.165, 1.54) is 6.42 Å². The second-order valence-corrected chi connectivity index (χ2v) is 24.3. The van der Waals surface area contributed by atoms with E-state index in [2.05, 4.69) is 153 Å². The highest BCUT2D eigenvalue weighted by Crippen LogP contribution is 2.33. The number of aliphatic hydroxyl groups excluding tert-OH is 11. The lowest BCUT2D eigenvalue weighted by molar-refractivity contribution is -0.379. The topological polar surface area (TPSA) is 307 Å². The number of ether oxygens (including phenoxy) is 6. The van der Waals surface area contributed by atoms with Crippen LogP contribution in [0.2, 0.25) is 0 Å². The predicted octanol–water partition coefficient (Wildman–Crippen LogP) is 9.38. The molecule has 0 aromatic heterocycles. The summed E-state index contributed by atoms with van der Waals surface area (Å²) in [5, 5.41) is 120. The molecule has 0 radical (unpaired) electrons. The van der Waals surface area contributed by atoms with Crippen LogP contribution in [-0.4, -0.2) is 193 Å². The van der Waals surface area contributed by atoms with Gasteiger partial charge in [0.25, 0.3) is 0 Å². The summed E-state index contributed by atoms with van der Waals surface area (Å²) in [7, 11) is 0. The summed E-state index contributed by atoms with van der Waals surface area (Å²) in [6.07, 6.45) is 48.8. The molecular formula is C74H121NO18. The van der Waals surface area contributed by atoms with Crippen LogP contribution in [0.25, 0.3) is 0 Å². The molecule has 17 unspecified atom stereocenters. The molecule has 3 heterocycles. The molecule has 0 saturated carbocycles. The molecule has 3 rings (SSSR count). The van der Waals surface area contributed by atoms with E-state index in [1.807, 2.05) is 0 Å². The van der Waals surface area contributed by atoms with Crippen molar-refractivity contribution in [1.29, 1.82) is 0 Å². The minimum Gasteiger partial charge on any atom is -0.394 e. The molecule has 3 aliphatic rings. The summed E-state index contributed by atoms with van der Waals surface area (Å²) in [5.74, 6) is -0.265. The summed E-state index contributed by atoms with van der Waals surface area (Å²) < 4.78 is 34.2. The van der Waals surface area contributed by atoms with E-state index in [1.54, 1.807) is 0 Å². The van der Waals surface area contributed by atoms with Crippen LogP contribution in [0.3, 0.4) is 0 Å². The lowest BCUT2D eigenvalue weighted by atomic mass is 9.96. The van der Waals surface area contributed by atoms with Crippen molar-refractivity contribution in [2.45, 2.75) is 298 Å². The number of hydrogen-bond acceptors (Lipinski definition) is 18. The Kier molecular flexibility index (Phi) is 48.3. The molecule has 530 valence electrons. The number of aliphatic hydroxyl groups is 11. The van der Waals surface area contributed by atoms with Gasteiger partial charge in [-0.25, -0.2) is 0 Å². The van der Waals surface area contributed by atoms with E-state index in [9.17, 15) is 61.0 Å². The Morgan fingerprint density at radius 3 is 1.16 bits per heavy atom. The molecular weight excluding hydrogens is 1190 g/mol. The third-order valence-corrected chi connectivity index (χ3v) is 16.5. The Morgan fingerprint density at radius 1 is 0.398 bits per heavy atom. The van der Waals surface area contributed by atoms with E-state index < -0.39 is 124 Å². The van der Waals surface area contributed by atoms with Crippen LogP contribution in [0, 0.1) is 0 Å². The van der Waals surface area contributed by atoms with Gasteiger partial charge in [0, 0.05) is 6.42 Å². The number of amides is 1. The molecule has 19 nitrogen and oxygen atoms in total. The second kappa shape index (κ2) is 54.0. The molecule has 93 heavy (non-hydrogen) atoms. The zero-order valence-corrected chi connectivity index (χ0v) is 55.9. The van der Waals surface area contributed by atoms with E-state index in [0.29, 0.717) is 19.3 Å². The molecule has 0 aromatic carbocycles. The number of nitrogens with one attached hydrogen (secondary N) is 1. The van der Waals surface area contributed by atoms with Gasteiger partial charge in [0.15, 0.2) is 18.9 Å². The summed E-state index contributed by atoms with van der Waals surface area (Å²) in [6, 6.07) is -0.899. The smallest absolute Gasteiger partial charge is 0.220 e. The molecule has 1 amide bonds. The van der Waals surface area contributed by atoms with E-state index >= 15 is 0 Å². The van der Waals surface area contributed by atoms with Crippen molar-refractivity contribution < 1.29 is 89.4 Å². The normalized spacial score (nSPS) is 28.4. The van der Waals surface area contributed by atoms with Crippen molar-refractivity contribution in [1.82, 2.24) is 5.32 Å². The highest BCUT2D eigenvalue weighted by Gasteiger charge is 2.53. The van der Waals surface area contributed by atoms with Gasteiger partial charge in [-0.15, -0.1) is 0 Å². The van der Waals surface area contributed by atoms with Crippen molar-refractivity contribution in [2.24, 2.45) is 0 Å². The van der Waals surface area contributed by atoms with Crippen LogP contribution >= 0.6 is 0 Å². The number of unbranched alkanes of at least 4 members (excludes halogenated alkanes) is 13. The fourth-order valence-electron chi connectivity index (χ4n) is 10.8. The minimum absolute atomic E-state index is 0.244. The lowest BCUT2D eigenvalue weighted by Crippen LogP contribution is -2.66. The first-order chi connectivity index (χ1) is 45.3. The number of rotatable bonds is 51. The summed E-state index contributed by atoms with van der Waals surface area (Å²) in [6.45, 7) is 1.58. The lowest BCUT2D eigenvalue weighted by Gasteiger charge is -2.48. The van der Waals surface area contributed by atoms with Gasteiger partial charge in [-0.1, -0.05) is 225 Å². The maximum Gasteiger partial charge on any atom is 0.220 e. The molecule has 0 aromatic rings. The summed E-state index contributed by atoms with van der Waals surface area (Å²) in [4.78, 5) is 13.3. The van der Waals surface area contributed by atoms with Crippen LogP contribution in [0.5, 0.6) is 0 Å². The molecule has 3 saturated heterocycles. The fourth-order valence-corrected chi connectivity index (χ4v) is 10.8. The van der Waals surface area contributed by atoms with Crippen LogP contribution in [-0.2, 0) is 33.2 Å². The molecule has 0 aliphatic carbocycles. The van der Waals surface area contributed by atoms with E-state index in [4.69, 9.17) is 28.4 Å². The average Bonchev–Trinajstić information content (AvgIpc) is 0.798. The standard InChI is InChI=1S/C74H121NO18/c1-3-5-7-9-11-12-13-14-15-16-17-18-19-20-21-22-23-24-25-26-27-28-29-30-31-32-33-34-35-36-37-38-39-40-41-42-43-44-46-48-50-52-62(80)75-57(58(79)51-49-47-45-10-8-6-4-2)56-88-72-68(86)65(83)70(60(54-77)90-72)93-74-69(87)66(84)71(61(55-78)91-74)92-73-67(85)64(82)63(81)59(53-76)89-73/h5,7,11-12,14-15,17-18,20-21,23-24,26-27,29-30,32-33,35-36,38-39,57-61,63-74,76-79,81-87H,3-4,6,8-10,13,16,19,22,25,28,31,34,37,40-56H2,1-2H3,(H,75,80)/b7-5-,12-11-,15-14-,18-17-,21-20-,24-23-,27-26-,30-29-,33-32-,36-35-,39-38-. The number of carbonyl (C=O) groups excluding carboxylic acids is 1. The SMILES string of the molecule is CC/C=C\C/C=C\C/C=C\C/C=C\C/C=C\C/C=C\C/C=C\C/C=C\C/C=C\C/C=C\C/C=C\CCCCCCCCCC(=O)NC(COC1OC(CO)C(OC2OC(CO)C(OC3OC(CO)C(O)C(O)C3O)C(O)C2O)C(O)C1O)C(O)CCCCCCCCC. The Balaban J connectivity index is 1.29. The Hall–Kier alpha value is -4.07. The zero-order chi connectivity index (χ0) is 67.5. The van der Waals surface area contributed by atoms with Gasteiger partial charge in [-0.05, 0) is 96.3 Å². The van der Waals surface area contributed by atoms with Crippen molar-refractivity contribution in [2.75, 3.05) is 26.4 Å². The highest BCUT2D eigenvalue weighted by atomic mass is 16.8. The maximum atomic E-state index is 13.3. The third kappa shape index (κ3) is 35.7. The van der Waals surface area contributed by atoms with Gasteiger partial charge in [0.05, 0.1) is 38.6 Å². The largest absolute Gasteiger partial charge is 0.394 e. The van der Waals surface area contributed by atoms with Gasteiger partial charge >= 0.3 is 0 Å². The van der Waals surface area contributed by atoms with Crippen molar-refractivity contribution in [3.63, 3.8) is 0 Å². The third-order valence-electron chi connectivity index (χ3n) is 16.5. The van der Waals surface area contributed by atoms with E-state index in [0.717, 1.165) is 148 Å². The Morgan fingerprint density at radius 2 is 0.742 bits per heavy atom. The van der Waals surface area contributed by atoms with Gasteiger partial charge in [0.2, 0.25) is 5.91 Å². The van der Waals surface area contributed by atoms with Crippen LogP contribution in [0.1, 0.15) is 194 Å². The molecule has 0 spiro atoms. The first kappa shape index (κ1) is 83.2. The number of allylic oxidation sites excluding steroid dienone is 22. The molecule has 3 aliphatic heterocycles. The number of hydrogen-bond donors (Lipinski definition) is 12. The maximum absolute atomic E-state index is 13.3. The molecule has 17 atom stereocenters. The van der Waals surface area contributed by atoms with E-state index in [-0.39, 0.29) is 18.9 Å². The van der Waals surface area contributed by atoms with Crippen LogP contribution in [0.4, 0.5) is 0 Å². The van der Waals surface area contributed by atoms with Gasteiger partial charge < -0.3 is 89.9 Å². The predicted molar refractivity (Wildman–Crippen MR) is 364 cm³/mol. The zero-order valence-electron chi connectivity index (χ0n) is 55.9. The monoisotopic (exact) mass is 1310 g/mol. The fraction of sp³-hybridized carbons (Fsp3) is 0.689. The van der Waals surface area contributed by atoms with Crippen LogP contribution in [0.15, 0.2) is 134 Å².